The van der Waals surface area contributed by atoms with E-state index in [1.165, 1.54) is 5.56 Å². The number of carbonyl (C=O) groups is 1. The summed E-state index contributed by atoms with van der Waals surface area (Å²) in [4.78, 5) is 14.0. The Hall–Kier alpha value is -1.39. The van der Waals surface area contributed by atoms with Gasteiger partial charge in [-0.15, -0.1) is 0 Å². The van der Waals surface area contributed by atoms with Crippen molar-refractivity contribution in [2.24, 2.45) is 5.73 Å². The van der Waals surface area contributed by atoms with Gasteiger partial charge in [0.1, 0.15) is 6.61 Å². The summed E-state index contributed by atoms with van der Waals surface area (Å²) in [5.41, 5.74) is 7.14. The maximum atomic E-state index is 12.1. The summed E-state index contributed by atoms with van der Waals surface area (Å²) >= 11 is 0. The van der Waals surface area contributed by atoms with Crippen LogP contribution in [0, 0.1) is 0 Å². The van der Waals surface area contributed by atoms with E-state index in [0.717, 1.165) is 25.8 Å². The zero-order valence-corrected chi connectivity index (χ0v) is 12.1. The Labute approximate surface area is 120 Å². The lowest BCUT2D eigenvalue weighted by atomic mass is 9.99. The molecule has 1 aliphatic rings. The van der Waals surface area contributed by atoms with E-state index in [9.17, 15) is 4.79 Å². The summed E-state index contributed by atoms with van der Waals surface area (Å²) in [7, 11) is 0. The number of piperidine rings is 1. The molecule has 2 atom stereocenters. The molecule has 1 aromatic rings. The van der Waals surface area contributed by atoms with Crippen molar-refractivity contribution in [2.45, 2.75) is 38.3 Å². The number of hydrogen-bond donors (Lipinski definition) is 1. The molecule has 0 radical (unpaired) electrons. The molecule has 0 unspecified atom stereocenters. The Morgan fingerprint density at radius 2 is 2.15 bits per heavy atom. The van der Waals surface area contributed by atoms with Crippen LogP contribution in [-0.2, 0) is 16.0 Å². The van der Waals surface area contributed by atoms with Gasteiger partial charge < -0.3 is 15.4 Å². The highest BCUT2D eigenvalue weighted by molar-refractivity contribution is 5.77. The first kappa shape index (κ1) is 15.0. The van der Waals surface area contributed by atoms with Gasteiger partial charge in [-0.25, -0.2) is 0 Å². The molecule has 1 amide bonds. The predicted molar refractivity (Wildman–Crippen MR) is 79.3 cm³/mol. The molecule has 110 valence electrons. The summed E-state index contributed by atoms with van der Waals surface area (Å²) in [6, 6.07) is 10.6. The zero-order chi connectivity index (χ0) is 14.4. The molecule has 1 saturated heterocycles. The molecular formula is C16H24N2O2. The summed E-state index contributed by atoms with van der Waals surface area (Å²) in [5.74, 6) is 0.0810. The van der Waals surface area contributed by atoms with Crippen LogP contribution in [-0.4, -0.2) is 42.6 Å². The minimum atomic E-state index is 0.0810. The molecule has 1 fully saturated rings. The minimum absolute atomic E-state index is 0.0810. The summed E-state index contributed by atoms with van der Waals surface area (Å²) in [6.07, 6.45) is 2.62. The van der Waals surface area contributed by atoms with Crippen LogP contribution in [0.15, 0.2) is 30.3 Å². The van der Waals surface area contributed by atoms with Gasteiger partial charge in [-0.1, -0.05) is 30.3 Å². The smallest absolute Gasteiger partial charge is 0.248 e. The molecule has 1 heterocycles. The summed E-state index contributed by atoms with van der Waals surface area (Å²) < 4.78 is 5.51. The number of amides is 1. The fraction of sp³-hybridized carbons (Fsp3) is 0.562. The molecule has 4 nitrogen and oxygen atoms in total. The number of nitrogens with zero attached hydrogens (tertiary/aromatic N) is 1. The average Bonchev–Trinajstić information content (AvgIpc) is 2.44. The van der Waals surface area contributed by atoms with Crippen LogP contribution in [0.3, 0.4) is 0 Å². The van der Waals surface area contributed by atoms with Gasteiger partial charge in [0.15, 0.2) is 0 Å². The molecular weight excluding hydrogens is 252 g/mol. The van der Waals surface area contributed by atoms with Crippen molar-refractivity contribution >= 4 is 5.91 Å². The third-order valence-electron chi connectivity index (χ3n) is 3.84. The fourth-order valence-corrected chi connectivity index (χ4v) is 2.66. The van der Waals surface area contributed by atoms with Gasteiger partial charge in [-0.2, -0.15) is 0 Å². The fourth-order valence-electron chi connectivity index (χ4n) is 2.66. The lowest BCUT2D eigenvalue weighted by molar-refractivity contribution is -0.139. The monoisotopic (exact) mass is 276 g/mol. The van der Waals surface area contributed by atoms with Crippen molar-refractivity contribution in [1.29, 1.82) is 0 Å². The first-order chi connectivity index (χ1) is 9.66. The third-order valence-corrected chi connectivity index (χ3v) is 3.84. The number of likely N-dealkylation sites (tertiary alicyclic amines) is 1. The molecule has 0 saturated carbocycles. The van der Waals surface area contributed by atoms with E-state index in [0.29, 0.717) is 6.61 Å². The lowest BCUT2D eigenvalue weighted by Gasteiger charge is -2.36. The van der Waals surface area contributed by atoms with Crippen molar-refractivity contribution in [2.75, 3.05) is 19.8 Å². The van der Waals surface area contributed by atoms with E-state index >= 15 is 0 Å². The van der Waals surface area contributed by atoms with Gasteiger partial charge in [-0.3, -0.25) is 4.79 Å². The molecule has 4 heteroatoms. The molecule has 0 aliphatic carbocycles. The van der Waals surface area contributed by atoms with E-state index in [1.807, 2.05) is 23.1 Å². The number of rotatable bonds is 5. The van der Waals surface area contributed by atoms with Crippen molar-refractivity contribution in [3.63, 3.8) is 0 Å². The Morgan fingerprint density at radius 3 is 2.85 bits per heavy atom. The second-order valence-electron chi connectivity index (χ2n) is 5.51. The number of hydrogen-bond acceptors (Lipinski definition) is 3. The molecule has 20 heavy (non-hydrogen) atoms. The van der Waals surface area contributed by atoms with Crippen LogP contribution < -0.4 is 5.73 Å². The SMILES string of the molecule is C[C@@H]1C[C@@H](N)CCN1C(=O)COCCc1ccccc1. The van der Waals surface area contributed by atoms with Crippen LogP contribution in [0.2, 0.25) is 0 Å². The van der Waals surface area contributed by atoms with Gasteiger partial charge in [0.25, 0.3) is 0 Å². The van der Waals surface area contributed by atoms with Crippen molar-refractivity contribution in [3.05, 3.63) is 35.9 Å². The van der Waals surface area contributed by atoms with E-state index in [4.69, 9.17) is 10.5 Å². The van der Waals surface area contributed by atoms with Crippen LogP contribution in [0.4, 0.5) is 0 Å². The van der Waals surface area contributed by atoms with Crippen molar-refractivity contribution < 1.29 is 9.53 Å². The number of nitrogens with two attached hydrogens (primary N) is 1. The normalized spacial score (nSPS) is 22.8. The van der Waals surface area contributed by atoms with E-state index in [-0.39, 0.29) is 24.6 Å². The highest BCUT2D eigenvalue weighted by atomic mass is 16.5. The standard InChI is InChI=1S/C16H24N2O2/c1-13-11-15(17)7-9-18(13)16(19)12-20-10-8-14-5-3-2-4-6-14/h2-6,13,15H,7-12,17H2,1H3/t13-,15+/m1/s1. The van der Waals surface area contributed by atoms with Gasteiger partial charge in [0.05, 0.1) is 6.61 Å². The average molecular weight is 276 g/mol. The first-order valence-corrected chi connectivity index (χ1v) is 7.33. The molecule has 2 rings (SSSR count). The summed E-state index contributed by atoms with van der Waals surface area (Å²) in [5, 5.41) is 0. The Balaban J connectivity index is 1.67. The first-order valence-electron chi connectivity index (χ1n) is 7.33. The Bertz CT molecular complexity index is 422. The van der Waals surface area contributed by atoms with Crippen molar-refractivity contribution in [3.8, 4) is 0 Å². The Morgan fingerprint density at radius 1 is 1.40 bits per heavy atom. The molecule has 0 spiro atoms. The topological polar surface area (TPSA) is 55.6 Å². The van der Waals surface area contributed by atoms with Crippen molar-refractivity contribution in [1.82, 2.24) is 4.90 Å². The molecule has 1 aromatic carbocycles. The van der Waals surface area contributed by atoms with Crippen LogP contribution in [0.25, 0.3) is 0 Å². The quantitative estimate of drug-likeness (QED) is 0.831. The Kier molecular flexibility index (Phi) is 5.56. The maximum Gasteiger partial charge on any atom is 0.248 e. The van der Waals surface area contributed by atoms with E-state index in [1.54, 1.807) is 0 Å². The highest BCUT2D eigenvalue weighted by Crippen LogP contribution is 2.15. The zero-order valence-electron chi connectivity index (χ0n) is 12.1. The van der Waals surface area contributed by atoms with Gasteiger partial charge >= 0.3 is 0 Å². The van der Waals surface area contributed by atoms with Gasteiger partial charge in [0, 0.05) is 18.6 Å². The van der Waals surface area contributed by atoms with E-state index < -0.39 is 0 Å². The molecule has 0 aromatic heterocycles. The molecule has 1 aliphatic heterocycles. The number of benzene rings is 1. The summed E-state index contributed by atoms with van der Waals surface area (Å²) in [6.45, 7) is 3.56. The largest absolute Gasteiger partial charge is 0.371 e. The van der Waals surface area contributed by atoms with Crippen LogP contribution in [0.5, 0.6) is 0 Å². The van der Waals surface area contributed by atoms with Gasteiger partial charge in [0.2, 0.25) is 5.91 Å². The minimum Gasteiger partial charge on any atom is -0.371 e. The number of carbonyl (C=O) groups excluding carboxylic acids is 1. The van der Waals surface area contributed by atoms with Crippen LogP contribution >= 0.6 is 0 Å². The van der Waals surface area contributed by atoms with E-state index in [2.05, 4.69) is 19.1 Å². The predicted octanol–water partition coefficient (Wildman–Crippen LogP) is 1.58. The number of ether oxygens (including phenoxy) is 1. The molecule has 2 N–H and O–H groups in total. The van der Waals surface area contributed by atoms with Crippen LogP contribution in [0.1, 0.15) is 25.3 Å². The molecule has 0 bridgehead atoms. The van der Waals surface area contributed by atoms with Gasteiger partial charge in [-0.05, 0) is 31.7 Å². The second kappa shape index (κ2) is 7.41. The maximum absolute atomic E-state index is 12.1. The third kappa shape index (κ3) is 4.32. The highest BCUT2D eigenvalue weighted by Gasteiger charge is 2.26. The second-order valence-corrected chi connectivity index (χ2v) is 5.51. The lowest BCUT2D eigenvalue weighted by Crippen LogP contribution is -2.49.